The largest absolute Gasteiger partial charge is 0.375 e. The van der Waals surface area contributed by atoms with Gasteiger partial charge in [-0.3, -0.25) is 5.43 Å². The zero-order chi connectivity index (χ0) is 14.6. The first-order valence-electron chi connectivity index (χ1n) is 7.02. The van der Waals surface area contributed by atoms with Crippen molar-refractivity contribution in [1.82, 2.24) is 9.97 Å². The van der Waals surface area contributed by atoms with Crippen LogP contribution in [0.3, 0.4) is 0 Å². The van der Waals surface area contributed by atoms with E-state index >= 15 is 0 Å². The Morgan fingerprint density at radius 2 is 2.25 bits per heavy atom. The Kier molecular flexibility index (Phi) is 5.17. The van der Waals surface area contributed by atoms with Crippen LogP contribution in [0.5, 0.6) is 0 Å². The third-order valence-corrected chi connectivity index (χ3v) is 4.58. The highest BCUT2D eigenvalue weighted by molar-refractivity contribution is 9.10. The van der Waals surface area contributed by atoms with E-state index < -0.39 is 0 Å². The van der Waals surface area contributed by atoms with Crippen LogP contribution in [0, 0.1) is 0 Å². The molecule has 1 unspecified atom stereocenters. The minimum absolute atomic E-state index is 0.00955. The summed E-state index contributed by atoms with van der Waals surface area (Å²) in [5.74, 6) is 6.52. The first-order valence-corrected chi connectivity index (χ1v) is 7.81. The van der Waals surface area contributed by atoms with Gasteiger partial charge in [0.25, 0.3) is 0 Å². The number of nitrogens with one attached hydrogen (secondary N) is 2. The molecule has 112 valence electrons. The van der Waals surface area contributed by atoms with Gasteiger partial charge >= 0.3 is 0 Å². The molecule has 0 amide bonds. The molecule has 1 fully saturated rings. The van der Waals surface area contributed by atoms with Gasteiger partial charge < -0.3 is 10.1 Å². The highest BCUT2D eigenvalue weighted by Gasteiger charge is 2.34. The number of ether oxygens (including phenoxy) is 1. The molecule has 1 aliphatic heterocycles. The Labute approximate surface area is 128 Å². The van der Waals surface area contributed by atoms with E-state index in [2.05, 4.69) is 50.5 Å². The van der Waals surface area contributed by atoms with Gasteiger partial charge in [0.05, 0.1) is 10.1 Å². The molecule has 20 heavy (non-hydrogen) atoms. The second-order valence-electron chi connectivity index (χ2n) is 5.11. The van der Waals surface area contributed by atoms with Crippen molar-refractivity contribution in [1.29, 1.82) is 0 Å². The lowest BCUT2D eigenvalue weighted by Gasteiger charge is -2.40. The number of halogens is 1. The quantitative estimate of drug-likeness (QED) is 0.563. The van der Waals surface area contributed by atoms with Gasteiger partial charge in [-0.15, -0.1) is 0 Å². The molecule has 0 spiro atoms. The average Bonchev–Trinajstić information content (AvgIpc) is 2.49. The molecule has 1 aliphatic rings. The number of nitrogens with two attached hydrogens (primary N) is 1. The van der Waals surface area contributed by atoms with Crippen LogP contribution in [0.25, 0.3) is 0 Å². The van der Waals surface area contributed by atoms with E-state index in [1.807, 2.05) is 0 Å². The summed E-state index contributed by atoms with van der Waals surface area (Å²) in [6.07, 6.45) is 5.71. The normalized spacial score (nSPS) is 21.5. The van der Waals surface area contributed by atoms with Gasteiger partial charge in [0.2, 0.25) is 5.95 Å². The number of nitrogen functional groups attached to an aromatic ring is 1. The lowest BCUT2D eigenvalue weighted by molar-refractivity contribution is -0.0864. The molecule has 1 saturated heterocycles. The summed E-state index contributed by atoms with van der Waals surface area (Å²) >= 11 is 3.46. The third-order valence-electron chi connectivity index (χ3n) is 4.00. The molecule has 2 heterocycles. The molecule has 6 nitrogen and oxygen atoms in total. The molecule has 0 saturated carbocycles. The molecule has 0 aromatic carbocycles. The van der Waals surface area contributed by atoms with Crippen LogP contribution in [0.15, 0.2) is 10.7 Å². The number of hydrazine groups is 1. The van der Waals surface area contributed by atoms with E-state index in [1.165, 1.54) is 0 Å². The van der Waals surface area contributed by atoms with Crippen molar-refractivity contribution >= 4 is 27.7 Å². The molecule has 1 aromatic rings. The van der Waals surface area contributed by atoms with E-state index in [-0.39, 0.29) is 5.60 Å². The van der Waals surface area contributed by atoms with Crippen LogP contribution in [0.1, 0.15) is 39.5 Å². The Morgan fingerprint density at radius 1 is 1.50 bits per heavy atom. The van der Waals surface area contributed by atoms with Crippen molar-refractivity contribution in [2.24, 2.45) is 5.84 Å². The van der Waals surface area contributed by atoms with Crippen LogP contribution in [-0.2, 0) is 4.74 Å². The van der Waals surface area contributed by atoms with Gasteiger partial charge in [0, 0.05) is 18.8 Å². The first-order chi connectivity index (χ1) is 9.62. The number of hydrogen-bond donors (Lipinski definition) is 3. The smallest absolute Gasteiger partial charge is 0.239 e. The third kappa shape index (κ3) is 3.39. The van der Waals surface area contributed by atoms with Crippen LogP contribution in [-0.4, -0.2) is 28.2 Å². The number of hydrogen-bond acceptors (Lipinski definition) is 6. The average molecular weight is 344 g/mol. The Balaban J connectivity index is 2.09. The molecular formula is C13H22BrN5O. The second kappa shape index (κ2) is 6.69. The molecule has 7 heteroatoms. The fourth-order valence-electron chi connectivity index (χ4n) is 2.62. The summed E-state index contributed by atoms with van der Waals surface area (Å²) in [5.41, 5.74) is 2.45. The Morgan fingerprint density at radius 3 is 2.90 bits per heavy atom. The van der Waals surface area contributed by atoms with Gasteiger partial charge in [0.15, 0.2) is 0 Å². The minimum Gasteiger partial charge on any atom is -0.375 e. The highest BCUT2D eigenvalue weighted by Crippen LogP contribution is 2.33. The van der Waals surface area contributed by atoms with E-state index in [0.717, 1.165) is 42.6 Å². The highest BCUT2D eigenvalue weighted by atomic mass is 79.9. The lowest BCUT2D eigenvalue weighted by atomic mass is 9.86. The van der Waals surface area contributed by atoms with E-state index in [9.17, 15) is 0 Å². The maximum absolute atomic E-state index is 5.99. The summed E-state index contributed by atoms with van der Waals surface area (Å²) in [5, 5.41) is 3.47. The van der Waals surface area contributed by atoms with Crippen LogP contribution >= 0.6 is 15.9 Å². The monoisotopic (exact) mass is 343 g/mol. The number of rotatable bonds is 5. The Hall–Kier alpha value is -0.920. The van der Waals surface area contributed by atoms with Crippen LogP contribution in [0.4, 0.5) is 11.8 Å². The molecular weight excluding hydrogens is 322 g/mol. The summed E-state index contributed by atoms with van der Waals surface area (Å²) in [6.45, 7) is 5.15. The van der Waals surface area contributed by atoms with Crippen molar-refractivity contribution < 1.29 is 4.74 Å². The first kappa shape index (κ1) is 15.5. The SMILES string of the molecule is CCC1(CC)CC(Nc2nc(NN)ncc2Br)CCO1. The van der Waals surface area contributed by atoms with Crippen LogP contribution < -0.4 is 16.6 Å². The zero-order valence-corrected chi connectivity index (χ0v) is 13.5. The number of nitrogens with zero attached hydrogens (tertiary/aromatic N) is 2. The van der Waals surface area contributed by atoms with E-state index in [4.69, 9.17) is 10.6 Å². The van der Waals surface area contributed by atoms with Crippen molar-refractivity contribution in [2.75, 3.05) is 17.3 Å². The van der Waals surface area contributed by atoms with E-state index in [1.54, 1.807) is 6.20 Å². The van der Waals surface area contributed by atoms with Gasteiger partial charge in [-0.1, -0.05) is 13.8 Å². The van der Waals surface area contributed by atoms with Gasteiger partial charge in [-0.25, -0.2) is 10.8 Å². The lowest BCUT2D eigenvalue weighted by Crippen LogP contribution is -2.43. The molecule has 0 bridgehead atoms. The number of aromatic nitrogens is 2. The van der Waals surface area contributed by atoms with Crippen molar-refractivity contribution in [3.8, 4) is 0 Å². The predicted octanol–water partition coefficient (Wildman–Crippen LogP) is 2.67. The number of anilines is 2. The van der Waals surface area contributed by atoms with Crippen molar-refractivity contribution in [2.45, 2.75) is 51.2 Å². The molecule has 2 rings (SSSR count). The molecule has 1 aromatic heterocycles. The van der Waals surface area contributed by atoms with Crippen molar-refractivity contribution in [3.63, 3.8) is 0 Å². The standard InChI is InChI=1S/C13H22BrN5O/c1-3-13(4-2)7-9(5-6-20-13)17-11-10(14)8-16-12(18-11)19-15/h8-9H,3-7,15H2,1-2H3,(H2,16,17,18,19). The fourth-order valence-corrected chi connectivity index (χ4v) is 2.93. The maximum atomic E-state index is 5.99. The van der Waals surface area contributed by atoms with Gasteiger partial charge in [-0.05, 0) is 41.6 Å². The molecule has 0 radical (unpaired) electrons. The second-order valence-corrected chi connectivity index (χ2v) is 5.96. The summed E-state index contributed by atoms with van der Waals surface area (Å²) < 4.78 is 6.82. The summed E-state index contributed by atoms with van der Waals surface area (Å²) in [4.78, 5) is 8.39. The summed E-state index contributed by atoms with van der Waals surface area (Å²) in [6, 6.07) is 0.348. The van der Waals surface area contributed by atoms with Crippen LogP contribution in [0.2, 0.25) is 0 Å². The van der Waals surface area contributed by atoms with Gasteiger partial charge in [-0.2, -0.15) is 4.98 Å². The Bertz CT molecular complexity index is 452. The fraction of sp³-hybridized carbons (Fsp3) is 0.692. The van der Waals surface area contributed by atoms with Crippen molar-refractivity contribution in [3.05, 3.63) is 10.7 Å². The minimum atomic E-state index is -0.00955. The maximum Gasteiger partial charge on any atom is 0.239 e. The summed E-state index contributed by atoms with van der Waals surface area (Å²) in [7, 11) is 0. The molecule has 4 N–H and O–H groups in total. The van der Waals surface area contributed by atoms with Gasteiger partial charge in [0.1, 0.15) is 5.82 Å². The van der Waals surface area contributed by atoms with E-state index in [0.29, 0.717) is 12.0 Å². The topological polar surface area (TPSA) is 85.1 Å². The predicted molar refractivity (Wildman–Crippen MR) is 83.5 cm³/mol. The molecule has 1 atom stereocenters. The molecule has 0 aliphatic carbocycles. The zero-order valence-electron chi connectivity index (χ0n) is 11.9.